The van der Waals surface area contributed by atoms with E-state index in [1.165, 1.54) is 0 Å². The first kappa shape index (κ1) is 10.2. The average molecular weight is 248 g/mol. The predicted molar refractivity (Wildman–Crippen MR) is 77.8 cm³/mol. The molecule has 0 aliphatic heterocycles. The molecule has 3 aromatic heterocycles. The summed E-state index contributed by atoms with van der Waals surface area (Å²) in [6.45, 7) is 0. The number of aromatic amines is 2. The zero-order chi connectivity index (χ0) is 12.8. The highest BCUT2D eigenvalue weighted by Gasteiger charge is 2.05. The van der Waals surface area contributed by atoms with E-state index in [9.17, 15) is 0 Å². The maximum atomic E-state index is 5.80. The van der Waals surface area contributed by atoms with E-state index in [0.29, 0.717) is 0 Å². The van der Waals surface area contributed by atoms with E-state index >= 15 is 0 Å². The fourth-order valence-corrected chi connectivity index (χ4v) is 2.39. The van der Waals surface area contributed by atoms with Crippen LogP contribution < -0.4 is 5.73 Å². The van der Waals surface area contributed by atoms with Crippen LogP contribution in [0, 0.1) is 0 Å². The van der Waals surface area contributed by atoms with Crippen LogP contribution in [0.3, 0.4) is 0 Å². The Bertz CT molecular complexity index is 885. The van der Waals surface area contributed by atoms with E-state index in [2.05, 4.69) is 27.1 Å². The standard InChI is InChI=1S/C15H12N4/c16-12-1-2-13-10(6-12)7-14(19-13)11-5-9-3-4-17-15(9)18-8-11/h1-8,19H,16H2,(H,17,18). The van der Waals surface area contributed by atoms with Gasteiger partial charge in [0.15, 0.2) is 0 Å². The van der Waals surface area contributed by atoms with Gasteiger partial charge in [-0.05, 0) is 36.4 Å². The minimum Gasteiger partial charge on any atom is -0.399 e. The monoisotopic (exact) mass is 248 g/mol. The smallest absolute Gasteiger partial charge is 0.137 e. The van der Waals surface area contributed by atoms with Gasteiger partial charge in [0.1, 0.15) is 5.65 Å². The van der Waals surface area contributed by atoms with Gasteiger partial charge in [-0.3, -0.25) is 0 Å². The molecule has 92 valence electrons. The van der Waals surface area contributed by atoms with Crippen molar-refractivity contribution in [3.05, 3.63) is 48.8 Å². The largest absolute Gasteiger partial charge is 0.399 e. The van der Waals surface area contributed by atoms with Crippen molar-refractivity contribution in [2.45, 2.75) is 0 Å². The molecule has 0 fully saturated rings. The van der Waals surface area contributed by atoms with E-state index in [-0.39, 0.29) is 0 Å². The molecule has 1 aromatic carbocycles. The van der Waals surface area contributed by atoms with E-state index in [4.69, 9.17) is 5.73 Å². The molecule has 0 aliphatic rings. The Kier molecular flexibility index (Phi) is 1.94. The number of hydrogen-bond acceptors (Lipinski definition) is 2. The van der Waals surface area contributed by atoms with Crippen LogP contribution in [0.1, 0.15) is 0 Å². The number of rotatable bonds is 1. The first-order valence-corrected chi connectivity index (χ1v) is 6.11. The lowest BCUT2D eigenvalue weighted by atomic mass is 10.1. The number of fused-ring (bicyclic) bond motifs is 2. The first-order chi connectivity index (χ1) is 9.29. The molecule has 19 heavy (non-hydrogen) atoms. The molecule has 4 aromatic rings. The zero-order valence-corrected chi connectivity index (χ0v) is 10.1. The SMILES string of the molecule is Nc1ccc2[nH]c(-c3cnc4[nH]ccc4c3)cc2c1. The van der Waals surface area contributed by atoms with Crippen LogP contribution in [0.4, 0.5) is 5.69 Å². The Balaban J connectivity index is 1.92. The van der Waals surface area contributed by atoms with Gasteiger partial charge in [-0.15, -0.1) is 0 Å². The van der Waals surface area contributed by atoms with Crippen LogP contribution in [0.15, 0.2) is 48.8 Å². The maximum absolute atomic E-state index is 5.80. The van der Waals surface area contributed by atoms with Gasteiger partial charge in [-0.1, -0.05) is 0 Å². The summed E-state index contributed by atoms with van der Waals surface area (Å²) in [4.78, 5) is 10.9. The Morgan fingerprint density at radius 3 is 2.89 bits per heavy atom. The fourth-order valence-electron chi connectivity index (χ4n) is 2.39. The van der Waals surface area contributed by atoms with Crippen molar-refractivity contribution in [2.75, 3.05) is 5.73 Å². The van der Waals surface area contributed by atoms with Crippen molar-refractivity contribution >= 4 is 27.6 Å². The number of nitrogens with two attached hydrogens (primary N) is 1. The summed E-state index contributed by atoms with van der Waals surface area (Å²) in [5.74, 6) is 0. The molecule has 4 heteroatoms. The van der Waals surface area contributed by atoms with Crippen LogP contribution in [-0.2, 0) is 0 Å². The Morgan fingerprint density at radius 1 is 1.00 bits per heavy atom. The van der Waals surface area contributed by atoms with Gasteiger partial charge in [0.2, 0.25) is 0 Å². The maximum Gasteiger partial charge on any atom is 0.137 e. The second kappa shape index (κ2) is 3.62. The summed E-state index contributed by atoms with van der Waals surface area (Å²) in [5, 5.41) is 2.22. The molecule has 0 unspecified atom stereocenters. The number of nitrogens with one attached hydrogen (secondary N) is 2. The van der Waals surface area contributed by atoms with E-state index in [0.717, 1.165) is 38.9 Å². The minimum atomic E-state index is 0.775. The summed E-state index contributed by atoms with van der Waals surface area (Å²) in [5.41, 5.74) is 10.7. The third kappa shape index (κ3) is 1.57. The minimum absolute atomic E-state index is 0.775. The summed E-state index contributed by atoms with van der Waals surface area (Å²) in [6.07, 6.45) is 3.76. The van der Waals surface area contributed by atoms with E-state index in [1.54, 1.807) is 0 Å². The highest BCUT2D eigenvalue weighted by atomic mass is 14.8. The lowest BCUT2D eigenvalue weighted by Crippen LogP contribution is -1.81. The fraction of sp³-hybridized carbons (Fsp3) is 0. The summed E-state index contributed by atoms with van der Waals surface area (Å²) in [7, 11) is 0. The van der Waals surface area contributed by atoms with Crippen molar-refractivity contribution < 1.29 is 0 Å². The molecule has 4 rings (SSSR count). The van der Waals surface area contributed by atoms with Crippen molar-refractivity contribution in [3.8, 4) is 11.3 Å². The number of nitrogens with zero attached hydrogens (tertiary/aromatic N) is 1. The number of benzene rings is 1. The molecule has 3 heterocycles. The van der Waals surface area contributed by atoms with Crippen molar-refractivity contribution in [1.82, 2.24) is 15.0 Å². The second-order valence-electron chi connectivity index (χ2n) is 4.67. The van der Waals surface area contributed by atoms with Crippen molar-refractivity contribution in [1.29, 1.82) is 0 Å². The van der Waals surface area contributed by atoms with E-state index in [1.807, 2.05) is 36.7 Å². The molecule has 0 saturated carbocycles. The van der Waals surface area contributed by atoms with Crippen LogP contribution >= 0.6 is 0 Å². The van der Waals surface area contributed by atoms with Crippen LogP contribution in [0.25, 0.3) is 33.2 Å². The quantitative estimate of drug-likeness (QED) is 0.452. The van der Waals surface area contributed by atoms with Gasteiger partial charge >= 0.3 is 0 Å². The number of pyridine rings is 1. The summed E-state index contributed by atoms with van der Waals surface area (Å²) in [6, 6.07) is 12.1. The Morgan fingerprint density at radius 2 is 1.95 bits per heavy atom. The summed E-state index contributed by atoms with van der Waals surface area (Å²) < 4.78 is 0. The number of nitrogen functional groups attached to an aromatic ring is 1. The van der Waals surface area contributed by atoms with Crippen molar-refractivity contribution in [2.24, 2.45) is 0 Å². The molecule has 0 saturated heterocycles. The van der Waals surface area contributed by atoms with Gasteiger partial charge < -0.3 is 15.7 Å². The summed E-state index contributed by atoms with van der Waals surface area (Å²) >= 11 is 0. The lowest BCUT2D eigenvalue weighted by molar-refractivity contribution is 1.32. The lowest BCUT2D eigenvalue weighted by Gasteiger charge is -1.97. The molecule has 0 atom stereocenters. The number of aromatic nitrogens is 3. The van der Waals surface area contributed by atoms with Gasteiger partial charge in [0, 0.05) is 45.6 Å². The molecule has 4 nitrogen and oxygen atoms in total. The highest BCUT2D eigenvalue weighted by molar-refractivity contribution is 5.89. The third-order valence-electron chi connectivity index (χ3n) is 3.36. The predicted octanol–water partition coefficient (Wildman–Crippen LogP) is 3.29. The van der Waals surface area contributed by atoms with Gasteiger partial charge in [-0.2, -0.15) is 0 Å². The molecular weight excluding hydrogens is 236 g/mol. The number of anilines is 1. The Labute approximate surface area is 109 Å². The van der Waals surface area contributed by atoms with Crippen LogP contribution in [-0.4, -0.2) is 15.0 Å². The normalized spacial score (nSPS) is 11.4. The van der Waals surface area contributed by atoms with Gasteiger partial charge in [0.25, 0.3) is 0 Å². The Hall–Kier alpha value is -2.75. The van der Waals surface area contributed by atoms with Crippen molar-refractivity contribution in [3.63, 3.8) is 0 Å². The number of hydrogen-bond donors (Lipinski definition) is 3. The molecule has 0 aliphatic carbocycles. The average Bonchev–Trinajstić information content (AvgIpc) is 3.02. The van der Waals surface area contributed by atoms with Gasteiger partial charge in [-0.25, -0.2) is 4.98 Å². The molecule has 4 N–H and O–H groups in total. The first-order valence-electron chi connectivity index (χ1n) is 6.11. The second-order valence-corrected chi connectivity index (χ2v) is 4.67. The topological polar surface area (TPSA) is 70.5 Å². The number of H-pyrrole nitrogens is 2. The molecule has 0 spiro atoms. The molecular formula is C15H12N4. The van der Waals surface area contributed by atoms with E-state index < -0.39 is 0 Å². The van der Waals surface area contributed by atoms with Crippen LogP contribution in [0.2, 0.25) is 0 Å². The van der Waals surface area contributed by atoms with Gasteiger partial charge in [0.05, 0.1) is 0 Å². The molecule has 0 amide bonds. The van der Waals surface area contributed by atoms with Crippen LogP contribution in [0.5, 0.6) is 0 Å². The third-order valence-corrected chi connectivity index (χ3v) is 3.36. The zero-order valence-electron chi connectivity index (χ0n) is 10.1. The highest BCUT2D eigenvalue weighted by Crippen LogP contribution is 2.26. The molecule has 0 bridgehead atoms. The molecule has 0 radical (unpaired) electrons.